The van der Waals surface area contributed by atoms with Crippen molar-refractivity contribution in [3.05, 3.63) is 45.0 Å². The van der Waals surface area contributed by atoms with Crippen LogP contribution in [-0.4, -0.2) is 65.6 Å². The Labute approximate surface area is 219 Å². The summed E-state index contributed by atoms with van der Waals surface area (Å²) in [4.78, 5) is 49.7. The molecule has 14 nitrogen and oxygen atoms in total. The number of ether oxygens (including phenoxy) is 4. The van der Waals surface area contributed by atoms with E-state index in [4.69, 9.17) is 28.0 Å². The first-order chi connectivity index (χ1) is 17.5. The number of rotatable bonds is 10. The van der Waals surface area contributed by atoms with Crippen LogP contribution in [0, 0.1) is 10.8 Å². The fourth-order valence-electron chi connectivity index (χ4n) is 2.99. The molecule has 0 aromatic carbocycles. The van der Waals surface area contributed by atoms with Gasteiger partial charge in [0.1, 0.15) is 18.3 Å². The van der Waals surface area contributed by atoms with Crippen molar-refractivity contribution in [1.29, 1.82) is 0 Å². The molecule has 1 aromatic rings. The molecule has 2 rings (SSSR count). The molecule has 1 saturated heterocycles. The minimum absolute atomic E-state index is 0.621. The first-order valence-electron chi connectivity index (χ1n) is 11.6. The molecule has 0 amide bonds. The fourth-order valence-corrected chi connectivity index (χ4v) is 4.02. The Balaban J connectivity index is 2.22. The number of carbonyl (C=O) groups is 2. The second kappa shape index (κ2) is 12.5. The zero-order valence-corrected chi connectivity index (χ0v) is 23.3. The van der Waals surface area contributed by atoms with E-state index in [0.717, 1.165) is 22.5 Å². The van der Waals surface area contributed by atoms with Crippen LogP contribution in [0.3, 0.4) is 0 Å². The summed E-state index contributed by atoms with van der Waals surface area (Å²) in [7, 11) is -2.95. The quantitative estimate of drug-likeness (QED) is 0.239. The highest BCUT2D eigenvalue weighted by molar-refractivity contribution is 7.57. The van der Waals surface area contributed by atoms with Crippen molar-refractivity contribution >= 4 is 19.5 Å². The predicted octanol–water partition coefficient (Wildman–Crippen LogP) is 1.64. The van der Waals surface area contributed by atoms with Gasteiger partial charge in [0.15, 0.2) is 6.23 Å². The number of hydrogen-bond acceptors (Lipinski definition) is 12. The SMILES string of the molecule is COC1C(O)[C@@H](/C=C/P(=O)(OCOC(=O)C(C)(C)C)OCOC(=O)C(C)(C)C)O[C@H]1n1ccc(=O)[nH]c1=O. The smallest absolute Gasteiger partial charge is 0.359 e. The Morgan fingerprint density at radius 3 is 2.05 bits per heavy atom. The average Bonchev–Trinajstić information content (AvgIpc) is 3.11. The number of carbonyl (C=O) groups excluding carboxylic acids is 2. The first kappa shape index (κ1) is 31.6. The van der Waals surface area contributed by atoms with Crippen LogP contribution in [-0.2, 0) is 42.1 Å². The molecule has 4 atom stereocenters. The number of aromatic nitrogens is 2. The number of H-pyrrole nitrogens is 1. The van der Waals surface area contributed by atoms with E-state index in [1.807, 2.05) is 0 Å². The molecule has 38 heavy (non-hydrogen) atoms. The number of hydrogen-bond donors (Lipinski definition) is 2. The van der Waals surface area contributed by atoms with Gasteiger partial charge in [0.2, 0.25) is 13.6 Å². The lowest BCUT2D eigenvalue weighted by molar-refractivity contribution is -0.161. The van der Waals surface area contributed by atoms with Gasteiger partial charge >= 0.3 is 25.2 Å². The maximum absolute atomic E-state index is 13.4. The van der Waals surface area contributed by atoms with E-state index in [0.29, 0.717) is 0 Å². The van der Waals surface area contributed by atoms with Gasteiger partial charge in [-0.2, -0.15) is 0 Å². The van der Waals surface area contributed by atoms with E-state index in [1.54, 1.807) is 41.5 Å². The number of aliphatic hydroxyl groups excluding tert-OH is 1. The zero-order valence-electron chi connectivity index (χ0n) is 22.4. The van der Waals surface area contributed by atoms with Gasteiger partial charge in [0.25, 0.3) is 5.56 Å². The van der Waals surface area contributed by atoms with E-state index in [1.165, 1.54) is 13.3 Å². The van der Waals surface area contributed by atoms with Crippen LogP contribution in [0.25, 0.3) is 0 Å². The lowest BCUT2D eigenvalue weighted by Crippen LogP contribution is -2.38. The summed E-state index contributed by atoms with van der Waals surface area (Å²) in [6, 6.07) is 1.10. The van der Waals surface area contributed by atoms with Crippen molar-refractivity contribution < 1.29 is 47.3 Å². The Bertz CT molecular complexity index is 1140. The summed E-state index contributed by atoms with van der Waals surface area (Å²) in [5, 5.41) is 10.7. The summed E-state index contributed by atoms with van der Waals surface area (Å²) in [5.41, 5.74) is -3.11. The number of esters is 2. The van der Waals surface area contributed by atoms with Crippen molar-refractivity contribution in [2.45, 2.75) is 66.1 Å². The van der Waals surface area contributed by atoms with Crippen molar-refractivity contribution in [3.8, 4) is 0 Å². The molecule has 2 N–H and O–H groups in total. The van der Waals surface area contributed by atoms with Crippen LogP contribution >= 0.6 is 7.60 Å². The maximum Gasteiger partial charge on any atom is 0.359 e. The number of nitrogens with one attached hydrogen (secondary N) is 1. The summed E-state index contributed by atoms with van der Waals surface area (Å²) in [6.45, 7) is 8.22. The van der Waals surface area contributed by atoms with Gasteiger partial charge in [-0.05, 0) is 47.6 Å². The number of aliphatic hydroxyl groups is 1. The van der Waals surface area contributed by atoms with Gasteiger partial charge < -0.3 is 24.1 Å². The number of methoxy groups -OCH3 is 1. The monoisotopic (exact) mass is 562 g/mol. The molecule has 2 unspecified atom stereocenters. The van der Waals surface area contributed by atoms with Gasteiger partial charge in [-0.15, -0.1) is 0 Å². The summed E-state index contributed by atoms with van der Waals surface area (Å²) < 4.78 is 45.8. The standard InChI is InChI=1S/C23H35N2O12P/c1-22(2,3)19(28)33-12-35-38(31,36-13-34-20(29)23(4,5)6)11-9-14-16(27)17(32-7)18(37-14)25-10-8-15(26)24-21(25)30/h8-11,14,16-18,27H,12-13H2,1-7H3,(H,24,26,30)/b11-9+/t14-,16?,17?,18-/m1/s1. The van der Waals surface area contributed by atoms with Crippen LogP contribution in [0.15, 0.2) is 33.7 Å². The summed E-state index contributed by atoms with van der Waals surface area (Å²) in [6.07, 6.45) is -2.36. The molecule has 1 aliphatic heterocycles. The Hall–Kier alpha value is -2.61. The molecule has 0 spiro atoms. The lowest BCUT2D eigenvalue weighted by atomic mass is 9.98. The molecular formula is C23H35N2O12P. The van der Waals surface area contributed by atoms with Gasteiger partial charge in [-0.1, -0.05) is 0 Å². The topological polar surface area (TPSA) is 182 Å². The van der Waals surface area contributed by atoms with Crippen molar-refractivity contribution in [2.24, 2.45) is 10.8 Å². The summed E-state index contributed by atoms with van der Waals surface area (Å²) >= 11 is 0. The largest absolute Gasteiger partial charge is 0.438 e. The van der Waals surface area contributed by atoms with Crippen LogP contribution in [0.4, 0.5) is 0 Å². The van der Waals surface area contributed by atoms with Gasteiger partial charge in [0.05, 0.1) is 10.8 Å². The highest BCUT2D eigenvalue weighted by Crippen LogP contribution is 2.50. The predicted molar refractivity (Wildman–Crippen MR) is 132 cm³/mol. The van der Waals surface area contributed by atoms with E-state index in [2.05, 4.69) is 4.98 Å². The average molecular weight is 563 g/mol. The minimum Gasteiger partial charge on any atom is -0.438 e. The van der Waals surface area contributed by atoms with Crippen LogP contribution in [0.5, 0.6) is 0 Å². The van der Waals surface area contributed by atoms with Crippen molar-refractivity contribution in [2.75, 3.05) is 20.7 Å². The Kier molecular flexibility index (Phi) is 10.4. The molecule has 1 aliphatic rings. The van der Waals surface area contributed by atoms with Crippen molar-refractivity contribution in [3.63, 3.8) is 0 Å². The fraction of sp³-hybridized carbons (Fsp3) is 0.652. The maximum atomic E-state index is 13.4. The molecule has 1 fully saturated rings. The molecule has 214 valence electrons. The Morgan fingerprint density at radius 1 is 1.08 bits per heavy atom. The van der Waals surface area contributed by atoms with E-state index in [-0.39, 0.29) is 0 Å². The van der Waals surface area contributed by atoms with E-state index >= 15 is 0 Å². The first-order valence-corrected chi connectivity index (χ1v) is 13.2. The molecule has 0 radical (unpaired) electrons. The third-order valence-corrected chi connectivity index (χ3v) is 6.64. The molecule has 1 aromatic heterocycles. The Morgan fingerprint density at radius 2 is 1.61 bits per heavy atom. The van der Waals surface area contributed by atoms with E-state index in [9.17, 15) is 28.8 Å². The second-order valence-electron chi connectivity index (χ2n) is 10.4. The van der Waals surface area contributed by atoms with Crippen LogP contribution in [0.2, 0.25) is 0 Å². The third-order valence-electron chi connectivity index (χ3n) is 5.18. The molecule has 0 bridgehead atoms. The number of aromatic amines is 1. The minimum atomic E-state index is -4.23. The third kappa shape index (κ3) is 8.45. The molecule has 15 heteroatoms. The van der Waals surface area contributed by atoms with Gasteiger partial charge in [-0.3, -0.25) is 37.5 Å². The van der Waals surface area contributed by atoms with Gasteiger partial charge in [0, 0.05) is 25.2 Å². The molecular weight excluding hydrogens is 527 g/mol. The highest BCUT2D eigenvalue weighted by Gasteiger charge is 2.45. The molecule has 0 aliphatic carbocycles. The van der Waals surface area contributed by atoms with Crippen LogP contribution in [0.1, 0.15) is 47.8 Å². The molecule has 2 heterocycles. The van der Waals surface area contributed by atoms with Crippen molar-refractivity contribution in [1.82, 2.24) is 9.55 Å². The lowest BCUT2D eigenvalue weighted by Gasteiger charge is -2.20. The van der Waals surface area contributed by atoms with E-state index < -0.39 is 79.7 Å². The normalized spacial score (nSPS) is 22.5. The zero-order chi connectivity index (χ0) is 28.9. The molecule has 0 saturated carbocycles. The second-order valence-corrected chi connectivity index (χ2v) is 12.3. The summed E-state index contributed by atoms with van der Waals surface area (Å²) in [5.74, 6) is -0.306. The van der Waals surface area contributed by atoms with Crippen LogP contribution < -0.4 is 11.2 Å². The highest BCUT2D eigenvalue weighted by atomic mass is 31.2. The van der Waals surface area contributed by atoms with Gasteiger partial charge in [-0.25, -0.2) is 4.79 Å². The number of nitrogens with zero attached hydrogens (tertiary/aromatic N) is 1.